The maximum Gasteiger partial charge on any atom is 0.251 e. The summed E-state index contributed by atoms with van der Waals surface area (Å²) in [6, 6.07) is 22.9. The van der Waals surface area contributed by atoms with E-state index in [4.69, 9.17) is 0 Å². The molecule has 1 amide bonds. The van der Waals surface area contributed by atoms with E-state index in [0.717, 1.165) is 34.9 Å². The maximum atomic E-state index is 13.2. The van der Waals surface area contributed by atoms with Crippen LogP contribution in [0.5, 0.6) is 0 Å². The van der Waals surface area contributed by atoms with Gasteiger partial charge in [-0.15, -0.1) is 0 Å². The number of nitrogens with one attached hydrogen (secondary N) is 2. The lowest BCUT2D eigenvalue weighted by Gasteiger charge is -2.16. The highest BCUT2D eigenvalue weighted by Crippen LogP contribution is 2.40. The highest BCUT2D eigenvalue weighted by molar-refractivity contribution is 5.99. The van der Waals surface area contributed by atoms with Gasteiger partial charge in [0.1, 0.15) is 6.29 Å². The molecular formula is C33H37N3O2. The Morgan fingerprint density at radius 1 is 1.00 bits per heavy atom. The number of hydrogen-bond acceptors (Lipinski definition) is 3. The second-order valence-corrected chi connectivity index (χ2v) is 10.8. The number of nitrogens with zero attached hydrogens (tertiary/aromatic N) is 1. The fraction of sp³-hybridized carbons (Fsp3) is 0.333. The maximum absolute atomic E-state index is 13.2. The third-order valence-corrected chi connectivity index (χ3v) is 7.87. The minimum Gasteiger partial charge on any atom is -0.346 e. The van der Waals surface area contributed by atoms with Crippen molar-refractivity contribution in [1.29, 1.82) is 0 Å². The van der Waals surface area contributed by atoms with Crippen molar-refractivity contribution in [2.45, 2.75) is 71.6 Å². The minimum atomic E-state index is -0.167. The molecule has 0 bridgehead atoms. The van der Waals surface area contributed by atoms with Crippen LogP contribution in [-0.4, -0.2) is 22.8 Å². The lowest BCUT2D eigenvalue weighted by molar-refractivity contribution is -0.109. The van der Waals surface area contributed by atoms with Gasteiger partial charge in [-0.25, -0.2) is 0 Å². The highest BCUT2D eigenvalue weighted by Gasteiger charge is 2.24. The van der Waals surface area contributed by atoms with Crippen molar-refractivity contribution >= 4 is 23.1 Å². The van der Waals surface area contributed by atoms with Gasteiger partial charge in [0.15, 0.2) is 0 Å². The zero-order chi connectivity index (χ0) is 26.8. The molecule has 0 aliphatic heterocycles. The molecule has 2 atom stereocenters. The standard InChI is InChI=1S/C33H37N3O2/c1-21(20-37)34-18-25-7-5-8-26(15-25)19-36-24(4)22(2)31-17-30(13-14-32(31)36)33(38)35-23(3)28-9-6-10-29(16-28)27-11-12-27/h5-10,13-17,20-21,23,27,34H,11-12,18-19H2,1-4H3,(H,35,38)/t21?,23-/m0/s1. The fourth-order valence-corrected chi connectivity index (χ4v) is 5.20. The summed E-state index contributed by atoms with van der Waals surface area (Å²) in [7, 11) is 0. The quantitative estimate of drug-likeness (QED) is 0.246. The number of aryl methyl sites for hydroxylation is 1. The largest absolute Gasteiger partial charge is 0.346 e. The first-order valence-electron chi connectivity index (χ1n) is 13.6. The van der Waals surface area contributed by atoms with E-state index in [9.17, 15) is 9.59 Å². The van der Waals surface area contributed by atoms with Crippen LogP contribution in [0.15, 0.2) is 66.7 Å². The van der Waals surface area contributed by atoms with E-state index in [1.807, 2.05) is 19.1 Å². The van der Waals surface area contributed by atoms with Crippen molar-refractivity contribution in [2.24, 2.45) is 0 Å². The van der Waals surface area contributed by atoms with E-state index in [0.29, 0.717) is 18.0 Å². The van der Waals surface area contributed by atoms with Crippen molar-refractivity contribution in [3.63, 3.8) is 0 Å². The van der Waals surface area contributed by atoms with Crippen LogP contribution in [0.1, 0.15) is 82.5 Å². The number of aldehydes is 1. The first kappa shape index (κ1) is 25.9. The van der Waals surface area contributed by atoms with Crippen LogP contribution in [0.25, 0.3) is 10.9 Å². The molecule has 1 aliphatic rings. The van der Waals surface area contributed by atoms with Crippen molar-refractivity contribution in [3.8, 4) is 0 Å². The Kier molecular flexibility index (Phi) is 7.48. The van der Waals surface area contributed by atoms with Gasteiger partial charge in [0.05, 0.1) is 12.1 Å². The highest BCUT2D eigenvalue weighted by atomic mass is 16.1. The fourth-order valence-electron chi connectivity index (χ4n) is 5.20. The number of aromatic nitrogens is 1. The summed E-state index contributed by atoms with van der Waals surface area (Å²) in [6.45, 7) is 9.57. The Bertz CT molecular complexity index is 1480. The van der Waals surface area contributed by atoms with E-state index < -0.39 is 0 Å². The molecule has 3 aromatic carbocycles. The average molecular weight is 508 g/mol. The molecule has 5 rings (SSSR count). The molecule has 1 heterocycles. The summed E-state index contributed by atoms with van der Waals surface area (Å²) in [4.78, 5) is 24.1. The number of fused-ring (bicyclic) bond motifs is 1. The normalized spacial score (nSPS) is 14.8. The summed E-state index contributed by atoms with van der Waals surface area (Å²) in [5.41, 5.74) is 9.08. The van der Waals surface area contributed by atoms with Gasteiger partial charge in [-0.05, 0) is 92.5 Å². The van der Waals surface area contributed by atoms with Gasteiger partial charge in [-0.1, -0.05) is 48.5 Å². The molecular weight excluding hydrogens is 470 g/mol. The Labute approximate surface area is 225 Å². The zero-order valence-electron chi connectivity index (χ0n) is 22.8. The van der Waals surface area contributed by atoms with E-state index in [2.05, 4.69) is 90.6 Å². The van der Waals surface area contributed by atoms with Crippen molar-refractivity contribution in [1.82, 2.24) is 15.2 Å². The Morgan fingerprint density at radius 2 is 1.76 bits per heavy atom. The molecule has 0 radical (unpaired) electrons. The van der Waals surface area contributed by atoms with Crippen LogP contribution in [0.3, 0.4) is 0 Å². The third-order valence-electron chi connectivity index (χ3n) is 7.87. The Hall–Kier alpha value is -3.70. The lowest BCUT2D eigenvalue weighted by atomic mass is 10.0. The number of benzene rings is 3. The van der Waals surface area contributed by atoms with Crippen molar-refractivity contribution in [3.05, 3.63) is 106 Å². The van der Waals surface area contributed by atoms with Gasteiger partial charge >= 0.3 is 0 Å². The molecule has 1 fully saturated rings. The smallest absolute Gasteiger partial charge is 0.251 e. The summed E-state index contributed by atoms with van der Waals surface area (Å²) in [6.07, 6.45) is 3.46. The van der Waals surface area contributed by atoms with Crippen LogP contribution in [-0.2, 0) is 17.9 Å². The van der Waals surface area contributed by atoms with Crippen molar-refractivity contribution in [2.75, 3.05) is 0 Å². The second kappa shape index (κ2) is 11.0. The first-order valence-corrected chi connectivity index (χ1v) is 13.6. The predicted octanol–water partition coefficient (Wildman–Crippen LogP) is 6.35. The monoisotopic (exact) mass is 507 g/mol. The Balaban J connectivity index is 1.34. The molecule has 1 unspecified atom stereocenters. The number of rotatable bonds is 10. The van der Waals surface area contributed by atoms with Crippen LogP contribution in [0.4, 0.5) is 0 Å². The SMILES string of the molecule is Cc1c(C)n(Cc2cccc(CNC(C)C=O)c2)c2ccc(C(=O)N[C@@H](C)c3cccc(C4CC4)c3)cc12. The molecule has 0 spiro atoms. The van der Waals surface area contributed by atoms with E-state index in [1.54, 1.807) is 0 Å². The van der Waals surface area contributed by atoms with Gasteiger partial charge in [-0.2, -0.15) is 0 Å². The van der Waals surface area contributed by atoms with Crippen LogP contribution in [0.2, 0.25) is 0 Å². The summed E-state index contributed by atoms with van der Waals surface area (Å²) in [5.74, 6) is 0.645. The first-order chi connectivity index (χ1) is 18.3. The summed E-state index contributed by atoms with van der Waals surface area (Å²) >= 11 is 0. The number of carbonyl (C=O) groups excluding carboxylic acids is 2. The topological polar surface area (TPSA) is 63.1 Å². The van der Waals surface area contributed by atoms with Gasteiger partial charge in [0.2, 0.25) is 0 Å². The summed E-state index contributed by atoms with van der Waals surface area (Å²) < 4.78 is 2.32. The van der Waals surface area contributed by atoms with Crippen LogP contribution in [0, 0.1) is 13.8 Å². The molecule has 5 heteroatoms. The molecule has 5 nitrogen and oxygen atoms in total. The molecule has 1 aromatic heterocycles. The molecule has 196 valence electrons. The van der Waals surface area contributed by atoms with E-state index in [-0.39, 0.29) is 18.0 Å². The second-order valence-electron chi connectivity index (χ2n) is 10.8. The molecule has 2 N–H and O–H groups in total. The van der Waals surface area contributed by atoms with Crippen LogP contribution >= 0.6 is 0 Å². The number of hydrogen-bond donors (Lipinski definition) is 2. The minimum absolute atomic E-state index is 0.0502. The van der Waals surface area contributed by atoms with Gasteiger partial charge in [-0.3, -0.25) is 4.79 Å². The molecule has 1 saturated carbocycles. The molecule has 1 aliphatic carbocycles. The van der Waals surface area contributed by atoms with Gasteiger partial charge < -0.3 is 20.0 Å². The number of amides is 1. The number of carbonyl (C=O) groups is 2. The van der Waals surface area contributed by atoms with Gasteiger partial charge in [0.25, 0.3) is 5.91 Å². The molecule has 38 heavy (non-hydrogen) atoms. The van der Waals surface area contributed by atoms with E-state index >= 15 is 0 Å². The Morgan fingerprint density at radius 3 is 2.53 bits per heavy atom. The predicted molar refractivity (Wildman–Crippen MR) is 154 cm³/mol. The lowest BCUT2D eigenvalue weighted by Crippen LogP contribution is -2.26. The zero-order valence-corrected chi connectivity index (χ0v) is 22.8. The average Bonchev–Trinajstić information content (AvgIpc) is 3.76. The van der Waals surface area contributed by atoms with Crippen molar-refractivity contribution < 1.29 is 9.59 Å². The van der Waals surface area contributed by atoms with Crippen LogP contribution < -0.4 is 10.6 Å². The molecule has 4 aromatic rings. The molecule has 0 saturated heterocycles. The van der Waals surface area contributed by atoms with E-state index in [1.165, 1.54) is 35.2 Å². The third kappa shape index (κ3) is 5.58. The summed E-state index contributed by atoms with van der Waals surface area (Å²) in [5, 5.41) is 7.53. The van der Waals surface area contributed by atoms with Gasteiger partial charge in [0, 0.05) is 35.2 Å².